The highest BCUT2D eigenvalue weighted by molar-refractivity contribution is 6.30. The van der Waals surface area contributed by atoms with Gasteiger partial charge in [0, 0.05) is 22.8 Å². The molecule has 98 valence electrons. The van der Waals surface area contributed by atoms with Crippen LogP contribution in [0.25, 0.3) is 0 Å². The predicted molar refractivity (Wildman–Crippen MR) is 73.8 cm³/mol. The normalized spacial score (nSPS) is 10.2. The molecule has 6 heteroatoms. The van der Waals surface area contributed by atoms with E-state index in [9.17, 15) is 10.1 Å². The van der Waals surface area contributed by atoms with Gasteiger partial charge in [0.15, 0.2) is 0 Å². The summed E-state index contributed by atoms with van der Waals surface area (Å²) in [6.07, 6.45) is 0. The fraction of sp³-hybridized carbons (Fsp3) is 0.0769. The molecule has 0 atom stereocenters. The van der Waals surface area contributed by atoms with Crippen LogP contribution in [0.2, 0.25) is 5.02 Å². The summed E-state index contributed by atoms with van der Waals surface area (Å²) in [5, 5.41) is 11.3. The number of nitrogen functional groups attached to an aromatic ring is 1. The van der Waals surface area contributed by atoms with Crippen LogP contribution in [0.15, 0.2) is 36.4 Å². The molecule has 0 unspecified atom stereocenters. The van der Waals surface area contributed by atoms with Crippen LogP contribution in [0.4, 0.5) is 11.4 Å². The minimum Gasteiger partial charge on any atom is -0.450 e. The van der Waals surface area contributed by atoms with Crippen molar-refractivity contribution < 1.29 is 9.66 Å². The Morgan fingerprint density at radius 2 is 1.95 bits per heavy atom. The van der Waals surface area contributed by atoms with E-state index < -0.39 is 4.92 Å². The minimum absolute atomic E-state index is 0.102. The zero-order valence-corrected chi connectivity index (χ0v) is 10.8. The Hall–Kier alpha value is -2.27. The molecule has 0 heterocycles. The smallest absolute Gasteiger partial charge is 0.311 e. The Morgan fingerprint density at radius 1 is 1.21 bits per heavy atom. The molecule has 0 amide bonds. The van der Waals surface area contributed by atoms with E-state index in [0.29, 0.717) is 16.5 Å². The van der Waals surface area contributed by atoms with Gasteiger partial charge < -0.3 is 10.5 Å². The third kappa shape index (κ3) is 2.95. The van der Waals surface area contributed by atoms with Gasteiger partial charge in [-0.05, 0) is 36.8 Å². The second kappa shape index (κ2) is 5.16. The molecule has 0 saturated heterocycles. The highest BCUT2D eigenvalue weighted by Gasteiger charge is 2.16. The van der Waals surface area contributed by atoms with E-state index in [0.717, 1.165) is 5.56 Å². The Morgan fingerprint density at radius 3 is 2.58 bits per heavy atom. The van der Waals surface area contributed by atoms with E-state index in [-0.39, 0.29) is 11.4 Å². The van der Waals surface area contributed by atoms with Gasteiger partial charge in [0.2, 0.25) is 5.75 Å². The van der Waals surface area contributed by atoms with Gasteiger partial charge >= 0.3 is 5.69 Å². The molecule has 2 N–H and O–H groups in total. The molecule has 0 saturated carbocycles. The molecule has 0 aromatic heterocycles. The van der Waals surface area contributed by atoms with E-state index in [4.69, 9.17) is 22.1 Å². The number of aryl methyl sites for hydroxylation is 1. The number of hydrogen-bond acceptors (Lipinski definition) is 4. The van der Waals surface area contributed by atoms with Crippen LogP contribution in [0.1, 0.15) is 5.56 Å². The second-order valence-electron chi connectivity index (χ2n) is 4.00. The summed E-state index contributed by atoms with van der Waals surface area (Å²) in [4.78, 5) is 10.4. The van der Waals surface area contributed by atoms with Gasteiger partial charge in [0.1, 0.15) is 5.75 Å². The third-order valence-corrected chi connectivity index (χ3v) is 2.77. The number of nitro groups is 1. The topological polar surface area (TPSA) is 78.4 Å². The maximum Gasteiger partial charge on any atom is 0.311 e. The quantitative estimate of drug-likeness (QED) is 0.524. The lowest BCUT2D eigenvalue weighted by molar-refractivity contribution is -0.385. The molecule has 0 aliphatic heterocycles. The van der Waals surface area contributed by atoms with E-state index in [1.54, 1.807) is 18.2 Å². The van der Waals surface area contributed by atoms with E-state index in [1.807, 2.05) is 6.92 Å². The van der Waals surface area contributed by atoms with E-state index in [1.165, 1.54) is 18.2 Å². The highest BCUT2D eigenvalue weighted by atomic mass is 35.5. The van der Waals surface area contributed by atoms with Crippen molar-refractivity contribution >= 4 is 23.0 Å². The first kappa shape index (κ1) is 13.2. The van der Waals surface area contributed by atoms with Gasteiger partial charge in [-0.15, -0.1) is 0 Å². The lowest BCUT2D eigenvalue weighted by Gasteiger charge is -2.09. The molecule has 19 heavy (non-hydrogen) atoms. The summed E-state index contributed by atoms with van der Waals surface area (Å²) < 4.78 is 5.56. The van der Waals surface area contributed by atoms with Gasteiger partial charge in [0.25, 0.3) is 0 Å². The van der Waals surface area contributed by atoms with Crippen molar-refractivity contribution in [3.63, 3.8) is 0 Å². The average molecular weight is 279 g/mol. The Labute approximate surface area is 114 Å². The molecule has 0 aliphatic rings. The number of hydrogen-bond donors (Lipinski definition) is 1. The molecule has 0 spiro atoms. The lowest BCUT2D eigenvalue weighted by Crippen LogP contribution is -1.95. The Kier molecular flexibility index (Phi) is 3.57. The Balaban J connectivity index is 2.42. The standard InChI is InChI=1S/C13H11ClN2O3/c1-8-6-10(15)3-5-12(8)19-13-7-9(14)2-4-11(13)16(17)18/h2-7H,15H2,1H3. The Bertz CT molecular complexity index is 644. The molecule has 0 bridgehead atoms. The molecule has 0 radical (unpaired) electrons. The lowest BCUT2D eigenvalue weighted by atomic mass is 10.2. The summed E-state index contributed by atoms with van der Waals surface area (Å²) in [6.45, 7) is 1.81. The zero-order chi connectivity index (χ0) is 14.0. The number of halogens is 1. The number of nitro benzene ring substituents is 1. The van der Waals surface area contributed by atoms with Gasteiger partial charge in [-0.2, -0.15) is 0 Å². The number of benzene rings is 2. The van der Waals surface area contributed by atoms with Crippen LogP contribution in [0.5, 0.6) is 11.5 Å². The molecular formula is C13H11ClN2O3. The first-order valence-corrected chi connectivity index (χ1v) is 5.83. The molecule has 2 aromatic rings. The number of rotatable bonds is 3. The van der Waals surface area contributed by atoms with Crippen molar-refractivity contribution in [1.82, 2.24) is 0 Å². The van der Waals surface area contributed by atoms with Crippen LogP contribution < -0.4 is 10.5 Å². The first-order chi connectivity index (χ1) is 8.97. The zero-order valence-electron chi connectivity index (χ0n) is 10.1. The SMILES string of the molecule is Cc1cc(N)ccc1Oc1cc(Cl)ccc1[N+](=O)[O-]. The second-order valence-corrected chi connectivity index (χ2v) is 4.43. The summed E-state index contributed by atoms with van der Waals surface area (Å²) in [6, 6.07) is 9.22. The molecular weight excluding hydrogens is 268 g/mol. The fourth-order valence-corrected chi connectivity index (χ4v) is 1.79. The summed E-state index contributed by atoms with van der Waals surface area (Å²) in [5.41, 5.74) is 6.89. The van der Waals surface area contributed by atoms with Crippen LogP contribution >= 0.6 is 11.6 Å². The van der Waals surface area contributed by atoms with Gasteiger partial charge in [0.05, 0.1) is 4.92 Å². The molecule has 0 fully saturated rings. The maximum absolute atomic E-state index is 10.9. The van der Waals surface area contributed by atoms with Crippen molar-refractivity contribution in [2.75, 3.05) is 5.73 Å². The van der Waals surface area contributed by atoms with Gasteiger partial charge in [-0.25, -0.2) is 0 Å². The van der Waals surface area contributed by atoms with Crippen LogP contribution in [0.3, 0.4) is 0 Å². The van der Waals surface area contributed by atoms with E-state index >= 15 is 0 Å². The van der Waals surface area contributed by atoms with Gasteiger partial charge in [-0.3, -0.25) is 10.1 Å². The molecule has 2 rings (SSSR count). The summed E-state index contributed by atoms with van der Waals surface area (Å²) in [5.74, 6) is 0.602. The first-order valence-electron chi connectivity index (χ1n) is 5.45. The summed E-state index contributed by atoms with van der Waals surface area (Å²) in [7, 11) is 0. The van der Waals surface area contributed by atoms with Crippen LogP contribution in [-0.2, 0) is 0 Å². The number of ether oxygens (including phenoxy) is 1. The minimum atomic E-state index is -0.516. The third-order valence-electron chi connectivity index (χ3n) is 2.54. The van der Waals surface area contributed by atoms with Crippen molar-refractivity contribution in [1.29, 1.82) is 0 Å². The molecule has 2 aromatic carbocycles. The average Bonchev–Trinajstić information content (AvgIpc) is 2.32. The molecule has 5 nitrogen and oxygen atoms in total. The van der Waals surface area contributed by atoms with Gasteiger partial charge in [-0.1, -0.05) is 11.6 Å². The van der Waals surface area contributed by atoms with Crippen molar-refractivity contribution in [3.05, 3.63) is 57.1 Å². The number of nitrogens with zero attached hydrogens (tertiary/aromatic N) is 1. The predicted octanol–water partition coefficient (Wildman–Crippen LogP) is 3.93. The van der Waals surface area contributed by atoms with Crippen molar-refractivity contribution in [2.45, 2.75) is 6.92 Å². The highest BCUT2D eigenvalue weighted by Crippen LogP contribution is 2.35. The number of nitrogens with two attached hydrogens (primary N) is 1. The van der Waals surface area contributed by atoms with Crippen molar-refractivity contribution in [3.8, 4) is 11.5 Å². The number of anilines is 1. The fourth-order valence-electron chi connectivity index (χ4n) is 1.63. The largest absolute Gasteiger partial charge is 0.450 e. The monoisotopic (exact) mass is 278 g/mol. The maximum atomic E-state index is 10.9. The van der Waals surface area contributed by atoms with E-state index in [2.05, 4.69) is 0 Å². The van der Waals surface area contributed by atoms with Crippen molar-refractivity contribution in [2.24, 2.45) is 0 Å². The van der Waals surface area contributed by atoms with Crippen LogP contribution in [0, 0.1) is 17.0 Å². The van der Waals surface area contributed by atoms with Crippen LogP contribution in [-0.4, -0.2) is 4.92 Å². The molecule has 0 aliphatic carbocycles. The summed E-state index contributed by atoms with van der Waals surface area (Å²) >= 11 is 5.83.